The summed E-state index contributed by atoms with van der Waals surface area (Å²) in [5.41, 5.74) is 1.56. The van der Waals surface area contributed by atoms with E-state index in [1.54, 1.807) is 39.5 Å². The third-order valence-corrected chi connectivity index (χ3v) is 4.05. The van der Waals surface area contributed by atoms with E-state index in [1.165, 1.54) is 6.33 Å². The van der Waals surface area contributed by atoms with Crippen LogP contribution < -0.4 is 29.6 Å². The van der Waals surface area contributed by atoms with Gasteiger partial charge in [-0.3, -0.25) is 0 Å². The van der Waals surface area contributed by atoms with Crippen molar-refractivity contribution in [2.45, 2.75) is 6.92 Å². The van der Waals surface area contributed by atoms with Crippen LogP contribution in [-0.4, -0.2) is 37.9 Å². The van der Waals surface area contributed by atoms with E-state index >= 15 is 0 Å². The zero-order valence-corrected chi connectivity index (χ0v) is 16.9. The molecule has 0 spiro atoms. The first-order chi connectivity index (χ1) is 14.2. The first-order valence-corrected chi connectivity index (χ1v) is 9.06. The Hall–Kier alpha value is -3.68. The fraction of sp³-hybridized carbons (Fsp3) is 0.238. The highest BCUT2D eigenvalue weighted by Crippen LogP contribution is 2.40. The van der Waals surface area contributed by atoms with Crippen LogP contribution >= 0.6 is 0 Å². The molecule has 0 amide bonds. The van der Waals surface area contributed by atoms with Gasteiger partial charge in [-0.25, -0.2) is 9.97 Å². The van der Waals surface area contributed by atoms with Gasteiger partial charge in [0, 0.05) is 23.9 Å². The zero-order chi connectivity index (χ0) is 20.6. The van der Waals surface area contributed by atoms with Gasteiger partial charge in [-0.2, -0.15) is 0 Å². The SMILES string of the molecule is CCOc1ccccc1Nc1cc(Nc2cc(OC)c(OC)c(OC)c2)ncn1. The maximum absolute atomic E-state index is 5.65. The van der Waals surface area contributed by atoms with Gasteiger partial charge in [0.1, 0.15) is 23.7 Å². The summed E-state index contributed by atoms with van der Waals surface area (Å²) in [4.78, 5) is 8.57. The fourth-order valence-electron chi connectivity index (χ4n) is 2.78. The first kappa shape index (κ1) is 20.1. The number of rotatable bonds is 9. The average Bonchev–Trinajstić information content (AvgIpc) is 2.75. The first-order valence-electron chi connectivity index (χ1n) is 9.06. The van der Waals surface area contributed by atoms with Crippen molar-refractivity contribution in [1.29, 1.82) is 0 Å². The van der Waals surface area contributed by atoms with Crippen molar-refractivity contribution in [2.24, 2.45) is 0 Å². The van der Waals surface area contributed by atoms with Crippen LogP contribution in [0.5, 0.6) is 23.0 Å². The molecule has 1 aromatic heterocycles. The molecule has 3 aromatic rings. The van der Waals surface area contributed by atoms with E-state index < -0.39 is 0 Å². The molecule has 0 saturated heterocycles. The van der Waals surface area contributed by atoms with Crippen LogP contribution in [-0.2, 0) is 0 Å². The van der Waals surface area contributed by atoms with Crippen LogP contribution in [0.3, 0.4) is 0 Å². The predicted molar refractivity (Wildman–Crippen MR) is 112 cm³/mol. The summed E-state index contributed by atoms with van der Waals surface area (Å²) in [5, 5.41) is 6.49. The van der Waals surface area contributed by atoms with E-state index in [2.05, 4.69) is 20.6 Å². The number of methoxy groups -OCH3 is 3. The van der Waals surface area contributed by atoms with Crippen LogP contribution in [0.4, 0.5) is 23.0 Å². The summed E-state index contributed by atoms with van der Waals surface area (Å²) in [6, 6.07) is 13.1. The molecule has 0 radical (unpaired) electrons. The number of anilines is 4. The highest BCUT2D eigenvalue weighted by atomic mass is 16.5. The maximum Gasteiger partial charge on any atom is 0.203 e. The number of benzene rings is 2. The molecular formula is C21H24N4O4. The van der Waals surface area contributed by atoms with Gasteiger partial charge < -0.3 is 29.6 Å². The lowest BCUT2D eigenvalue weighted by molar-refractivity contribution is 0.324. The Morgan fingerprint density at radius 3 is 2.07 bits per heavy atom. The summed E-state index contributed by atoms with van der Waals surface area (Å²) in [6.45, 7) is 2.53. The van der Waals surface area contributed by atoms with Gasteiger partial charge in [0.25, 0.3) is 0 Å². The van der Waals surface area contributed by atoms with Gasteiger partial charge in [-0.1, -0.05) is 12.1 Å². The Morgan fingerprint density at radius 1 is 0.793 bits per heavy atom. The number of nitrogens with zero attached hydrogens (tertiary/aromatic N) is 2. The molecule has 2 aromatic carbocycles. The topological polar surface area (TPSA) is 86.8 Å². The number of ether oxygens (including phenoxy) is 4. The van der Waals surface area contributed by atoms with Crippen molar-refractivity contribution in [2.75, 3.05) is 38.6 Å². The van der Waals surface area contributed by atoms with Crippen molar-refractivity contribution < 1.29 is 18.9 Å². The molecule has 0 atom stereocenters. The molecular weight excluding hydrogens is 372 g/mol. The van der Waals surface area contributed by atoms with Crippen molar-refractivity contribution in [1.82, 2.24) is 9.97 Å². The minimum absolute atomic E-state index is 0.526. The Bertz CT molecular complexity index is 940. The van der Waals surface area contributed by atoms with E-state index in [9.17, 15) is 0 Å². The number of hydrogen-bond donors (Lipinski definition) is 2. The molecule has 152 valence electrons. The summed E-state index contributed by atoms with van der Waals surface area (Å²) in [5.74, 6) is 3.61. The summed E-state index contributed by atoms with van der Waals surface area (Å²) < 4.78 is 21.8. The van der Waals surface area contributed by atoms with Gasteiger partial charge in [0.2, 0.25) is 5.75 Å². The van der Waals surface area contributed by atoms with E-state index in [0.29, 0.717) is 35.5 Å². The number of para-hydroxylation sites is 2. The number of hydrogen-bond acceptors (Lipinski definition) is 8. The van der Waals surface area contributed by atoms with Gasteiger partial charge in [-0.05, 0) is 19.1 Å². The van der Waals surface area contributed by atoms with E-state index in [1.807, 2.05) is 31.2 Å². The van der Waals surface area contributed by atoms with E-state index in [-0.39, 0.29) is 0 Å². The molecule has 0 aliphatic heterocycles. The van der Waals surface area contributed by atoms with E-state index in [4.69, 9.17) is 18.9 Å². The van der Waals surface area contributed by atoms with Crippen LogP contribution in [0, 0.1) is 0 Å². The minimum Gasteiger partial charge on any atom is -0.493 e. The number of nitrogens with one attached hydrogen (secondary N) is 2. The molecule has 0 aliphatic carbocycles. The van der Waals surface area contributed by atoms with Gasteiger partial charge >= 0.3 is 0 Å². The Balaban J connectivity index is 1.84. The third kappa shape index (κ3) is 4.78. The lowest BCUT2D eigenvalue weighted by atomic mass is 10.2. The van der Waals surface area contributed by atoms with Gasteiger partial charge in [0.05, 0.1) is 33.6 Å². The molecule has 3 rings (SSSR count). The largest absolute Gasteiger partial charge is 0.493 e. The van der Waals surface area contributed by atoms with Gasteiger partial charge in [0.15, 0.2) is 11.5 Å². The average molecular weight is 396 g/mol. The highest BCUT2D eigenvalue weighted by molar-refractivity contribution is 5.69. The van der Waals surface area contributed by atoms with Crippen LogP contribution in [0.15, 0.2) is 48.8 Å². The highest BCUT2D eigenvalue weighted by Gasteiger charge is 2.14. The monoisotopic (exact) mass is 396 g/mol. The minimum atomic E-state index is 0.526. The van der Waals surface area contributed by atoms with E-state index in [0.717, 1.165) is 17.1 Å². The molecule has 1 heterocycles. The maximum atomic E-state index is 5.65. The van der Waals surface area contributed by atoms with Crippen LogP contribution in [0.1, 0.15) is 6.92 Å². The molecule has 8 nitrogen and oxygen atoms in total. The summed E-state index contributed by atoms with van der Waals surface area (Å²) in [6.07, 6.45) is 1.48. The molecule has 0 unspecified atom stereocenters. The summed E-state index contributed by atoms with van der Waals surface area (Å²) >= 11 is 0. The molecule has 0 saturated carbocycles. The van der Waals surface area contributed by atoms with Crippen molar-refractivity contribution in [3.8, 4) is 23.0 Å². The fourth-order valence-corrected chi connectivity index (χ4v) is 2.78. The van der Waals surface area contributed by atoms with Crippen molar-refractivity contribution >= 4 is 23.0 Å². The molecule has 8 heteroatoms. The smallest absolute Gasteiger partial charge is 0.203 e. The Morgan fingerprint density at radius 2 is 1.45 bits per heavy atom. The van der Waals surface area contributed by atoms with Crippen LogP contribution in [0.2, 0.25) is 0 Å². The molecule has 2 N–H and O–H groups in total. The summed E-state index contributed by atoms with van der Waals surface area (Å²) in [7, 11) is 4.71. The van der Waals surface area contributed by atoms with Crippen molar-refractivity contribution in [3.63, 3.8) is 0 Å². The predicted octanol–water partition coefficient (Wildman–Crippen LogP) is 4.39. The van der Waals surface area contributed by atoms with Gasteiger partial charge in [-0.15, -0.1) is 0 Å². The second-order valence-electron chi connectivity index (χ2n) is 5.88. The Labute approximate surface area is 169 Å². The third-order valence-electron chi connectivity index (χ3n) is 4.05. The second kappa shape index (κ2) is 9.50. The molecule has 0 aliphatic rings. The molecule has 0 bridgehead atoms. The standard InChI is InChI=1S/C21H24N4O4/c1-5-29-16-9-7-6-8-15(16)25-20-12-19(22-13-23-20)24-14-10-17(26-2)21(28-4)18(11-14)27-3/h6-13H,5H2,1-4H3,(H2,22,23,24,25). The molecule has 0 fully saturated rings. The lowest BCUT2D eigenvalue weighted by Gasteiger charge is -2.15. The quantitative estimate of drug-likeness (QED) is 0.551. The normalized spacial score (nSPS) is 10.2. The lowest BCUT2D eigenvalue weighted by Crippen LogP contribution is -2.02. The molecule has 29 heavy (non-hydrogen) atoms. The second-order valence-corrected chi connectivity index (χ2v) is 5.88. The Kier molecular flexibility index (Phi) is 6.57. The van der Waals surface area contributed by atoms with Crippen LogP contribution in [0.25, 0.3) is 0 Å². The zero-order valence-electron chi connectivity index (χ0n) is 16.9. The number of aromatic nitrogens is 2. The van der Waals surface area contributed by atoms with Crippen molar-refractivity contribution in [3.05, 3.63) is 48.8 Å².